The number of aryl methyl sites for hydroxylation is 1. The summed E-state index contributed by atoms with van der Waals surface area (Å²) in [6.45, 7) is 11.6. The topological polar surface area (TPSA) is 38.8 Å². The quantitative estimate of drug-likeness (QED) is 0.858. The molecule has 0 bridgehead atoms. The third kappa shape index (κ3) is 4.23. The number of amides is 1. The summed E-state index contributed by atoms with van der Waals surface area (Å²) in [7, 11) is 0. The number of hydrogen-bond acceptors (Lipinski definition) is 3. The molecule has 0 radical (unpaired) electrons. The lowest BCUT2D eigenvalue weighted by Crippen LogP contribution is -2.49. The van der Waals surface area contributed by atoms with Crippen molar-refractivity contribution >= 4 is 5.91 Å². The second-order valence-corrected chi connectivity index (χ2v) is 6.54. The highest BCUT2D eigenvalue weighted by molar-refractivity contribution is 5.78. The molecule has 1 aliphatic heterocycles. The van der Waals surface area contributed by atoms with Gasteiger partial charge in [0.05, 0.1) is 12.2 Å². The van der Waals surface area contributed by atoms with Crippen molar-refractivity contribution in [3.8, 4) is 5.75 Å². The normalized spacial score (nSPS) is 22.0. The molecule has 22 heavy (non-hydrogen) atoms. The van der Waals surface area contributed by atoms with Crippen molar-refractivity contribution in [2.24, 2.45) is 0 Å². The molecule has 0 saturated carbocycles. The van der Waals surface area contributed by atoms with Gasteiger partial charge in [-0.15, -0.1) is 0 Å². The monoisotopic (exact) mass is 305 g/mol. The zero-order chi connectivity index (χ0) is 16.3. The van der Waals surface area contributed by atoms with Crippen molar-refractivity contribution in [3.63, 3.8) is 0 Å². The molecular weight excluding hydrogens is 278 g/mol. The van der Waals surface area contributed by atoms with Crippen molar-refractivity contribution in [2.75, 3.05) is 19.7 Å². The predicted molar refractivity (Wildman–Crippen MR) is 87.4 cm³/mol. The Morgan fingerprint density at radius 2 is 1.95 bits per heavy atom. The fourth-order valence-electron chi connectivity index (χ4n) is 2.86. The highest BCUT2D eigenvalue weighted by atomic mass is 16.5. The maximum atomic E-state index is 12.4. The van der Waals surface area contributed by atoms with Crippen LogP contribution in [0.3, 0.4) is 0 Å². The smallest absolute Gasteiger partial charge is 0.260 e. The van der Waals surface area contributed by atoms with Crippen LogP contribution < -0.4 is 4.74 Å². The van der Waals surface area contributed by atoms with Gasteiger partial charge in [-0.25, -0.2) is 0 Å². The van der Waals surface area contributed by atoms with Crippen molar-refractivity contribution < 1.29 is 14.3 Å². The van der Waals surface area contributed by atoms with Crippen LogP contribution in [0.15, 0.2) is 18.2 Å². The van der Waals surface area contributed by atoms with Crippen molar-refractivity contribution in [1.29, 1.82) is 0 Å². The standard InChI is InChI=1S/C18H27NO3/c1-12(2)16-7-6-13(3)8-17(16)21-11-18(20)19-9-14(4)22-15(5)10-19/h6-8,12,14-15H,9-11H2,1-5H3. The Labute approximate surface area is 133 Å². The fourth-order valence-corrected chi connectivity index (χ4v) is 2.86. The molecule has 2 atom stereocenters. The maximum absolute atomic E-state index is 12.4. The van der Waals surface area contributed by atoms with Gasteiger partial charge in [0.1, 0.15) is 5.75 Å². The molecule has 122 valence electrons. The number of rotatable bonds is 4. The van der Waals surface area contributed by atoms with Gasteiger partial charge >= 0.3 is 0 Å². The molecule has 1 saturated heterocycles. The lowest BCUT2D eigenvalue weighted by Gasteiger charge is -2.35. The van der Waals surface area contributed by atoms with Gasteiger partial charge in [0, 0.05) is 13.1 Å². The van der Waals surface area contributed by atoms with Gasteiger partial charge in [-0.05, 0) is 43.9 Å². The van der Waals surface area contributed by atoms with E-state index in [2.05, 4.69) is 26.0 Å². The molecule has 0 aliphatic carbocycles. The third-order valence-corrected chi connectivity index (χ3v) is 3.91. The Bertz CT molecular complexity index is 517. The molecule has 1 amide bonds. The van der Waals surface area contributed by atoms with Crippen LogP contribution >= 0.6 is 0 Å². The number of carbonyl (C=O) groups is 1. The largest absolute Gasteiger partial charge is 0.483 e. The maximum Gasteiger partial charge on any atom is 0.260 e. The highest BCUT2D eigenvalue weighted by Gasteiger charge is 2.26. The first-order valence-electron chi connectivity index (χ1n) is 8.03. The Morgan fingerprint density at radius 1 is 1.32 bits per heavy atom. The van der Waals surface area contributed by atoms with E-state index in [-0.39, 0.29) is 24.7 Å². The van der Waals surface area contributed by atoms with E-state index in [0.717, 1.165) is 16.9 Å². The Kier molecular flexibility index (Phi) is 5.46. The van der Waals surface area contributed by atoms with E-state index in [9.17, 15) is 4.79 Å². The fraction of sp³-hybridized carbons (Fsp3) is 0.611. The lowest BCUT2D eigenvalue weighted by atomic mass is 10.0. The van der Waals surface area contributed by atoms with E-state index in [0.29, 0.717) is 19.0 Å². The first kappa shape index (κ1) is 16.8. The van der Waals surface area contributed by atoms with Crippen molar-refractivity contribution in [1.82, 2.24) is 4.90 Å². The van der Waals surface area contributed by atoms with E-state index >= 15 is 0 Å². The second-order valence-electron chi connectivity index (χ2n) is 6.54. The van der Waals surface area contributed by atoms with Gasteiger partial charge < -0.3 is 14.4 Å². The van der Waals surface area contributed by atoms with Gasteiger partial charge in [0.25, 0.3) is 5.91 Å². The molecule has 2 unspecified atom stereocenters. The Hall–Kier alpha value is -1.55. The minimum Gasteiger partial charge on any atom is -0.483 e. The summed E-state index contributed by atoms with van der Waals surface area (Å²) in [5, 5.41) is 0. The number of benzene rings is 1. The predicted octanol–water partition coefficient (Wildman–Crippen LogP) is 3.13. The van der Waals surface area contributed by atoms with Crippen LogP contribution in [0, 0.1) is 6.92 Å². The molecule has 4 nitrogen and oxygen atoms in total. The molecule has 1 aromatic carbocycles. The SMILES string of the molecule is Cc1ccc(C(C)C)c(OCC(=O)N2CC(C)OC(C)C2)c1. The number of ether oxygens (including phenoxy) is 2. The van der Waals surface area contributed by atoms with Crippen LogP contribution in [0.1, 0.15) is 44.7 Å². The summed E-state index contributed by atoms with van der Waals surface area (Å²) in [5.74, 6) is 1.21. The molecule has 4 heteroatoms. The van der Waals surface area contributed by atoms with Gasteiger partial charge in [-0.1, -0.05) is 26.0 Å². The first-order chi connectivity index (χ1) is 10.4. The lowest BCUT2D eigenvalue weighted by molar-refractivity contribution is -0.145. The molecule has 0 spiro atoms. The van der Waals surface area contributed by atoms with Crippen molar-refractivity contribution in [3.05, 3.63) is 29.3 Å². The molecule has 1 fully saturated rings. The van der Waals surface area contributed by atoms with Crippen LogP contribution in [-0.4, -0.2) is 42.7 Å². The van der Waals surface area contributed by atoms with E-state index in [1.165, 1.54) is 0 Å². The van der Waals surface area contributed by atoms with Gasteiger partial charge in [0.2, 0.25) is 0 Å². The van der Waals surface area contributed by atoms with Gasteiger partial charge in [-0.2, -0.15) is 0 Å². The minimum atomic E-state index is 0.0261. The summed E-state index contributed by atoms with van der Waals surface area (Å²) in [6, 6.07) is 6.17. The summed E-state index contributed by atoms with van der Waals surface area (Å²) in [6.07, 6.45) is 0.163. The summed E-state index contributed by atoms with van der Waals surface area (Å²) >= 11 is 0. The van der Waals surface area contributed by atoms with Gasteiger partial charge in [-0.3, -0.25) is 4.79 Å². The first-order valence-corrected chi connectivity index (χ1v) is 8.03. The van der Waals surface area contributed by atoms with Crippen LogP contribution in [0.2, 0.25) is 0 Å². The van der Waals surface area contributed by atoms with E-state index in [4.69, 9.17) is 9.47 Å². The van der Waals surface area contributed by atoms with E-state index < -0.39 is 0 Å². The Morgan fingerprint density at radius 3 is 2.55 bits per heavy atom. The molecular formula is C18H27NO3. The second kappa shape index (κ2) is 7.14. The molecule has 2 rings (SSSR count). The summed E-state index contributed by atoms with van der Waals surface area (Å²) in [5.41, 5.74) is 2.28. The molecule has 0 aromatic heterocycles. The minimum absolute atomic E-state index is 0.0261. The van der Waals surface area contributed by atoms with E-state index in [1.54, 1.807) is 0 Å². The molecule has 1 heterocycles. The summed E-state index contributed by atoms with van der Waals surface area (Å²) in [4.78, 5) is 14.2. The van der Waals surface area contributed by atoms with Crippen LogP contribution in [0.5, 0.6) is 5.75 Å². The number of morpholine rings is 1. The third-order valence-electron chi connectivity index (χ3n) is 3.91. The average Bonchev–Trinajstić information content (AvgIpc) is 2.43. The van der Waals surface area contributed by atoms with Gasteiger partial charge in [0.15, 0.2) is 6.61 Å². The zero-order valence-electron chi connectivity index (χ0n) is 14.3. The number of hydrogen-bond donors (Lipinski definition) is 0. The molecule has 1 aliphatic rings. The van der Waals surface area contributed by atoms with Crippen LogP contribution in [0.25, 0.3) is 0 Å². The number of nitrogens with zero attached hydrogens (tertiary/aromatic N) is 1. The van der Waals surface area contributed by atoms with Crippen LogP contribution in [0.4, 0.5) is 0 Å². The molecule has 1 aromatic rings. The van der Waals surface area contributed by atoms with Crippen molar-refractivity contribution in [2.45, 2.75) is 52.7 Å². The zero-order valence-corrected chi connectivity index (χ0v) is 14.3. The average molecular weight is 305 g/mol. The number of carbonyl (C=O) groups excluding carboxylic acids is 1. The highest BCUT2D eigenvalue weighted by Crippen LogP contribution is 2.27. The summed E-state index contributed by atoms with van der Waals surface area (Å²) < 4.78 is 11.5. The Balaban J connectivity index is 2.00. The van der Waals surface area contributed by atoms with E-state index in [1.807, 2.05) is 31.7 Å². The molecule has 0 N–H and O–H groups in total. The van der Waals surface area contributed by atoms with Crippen LogP contribution in [-0.2, 0) is 9.53 Å².